The topological polar surface area (TPSA) is 8.17 Å². The van der Waals surface area contributed by atoms with Crippen LogP contribution in [0.1, 0.15) is 26.3 Å². The van der Waals surface area contributed by atoms with Crippen molar-refractivity contribution < 1.29 is 0 Å². The summed E-state index contributed by atoms with van der Waals surface area (Å²) in [6, 6.07) is 86.5. The minimum Gasteiger partial charge on any atom is -0.309 e. The summed E-state index contributed by atoms with van der Waals surface area (Å²) in [6.45, 7) is 6.82. The van der Waals surface area contributed by atoms with Crippen LogP contribution in [0.5, 0.6) is 0 Å². The number of fused-ring (bicyclic) bond motifs is 4. The van der Waals surface area contributed by atoms with Gasteiger partial charge in [-0.1, -0.05) is 215 Å². The van der Waals surface area contributed by atoms with Gasteiger partial charge >= 0.3 is 0 Å². The summed E-state index contributed by atoms with van der Waals surface area (Å²) < 4.78 is 2.42. The summed E-state index contributed by atoms with van der Waals surface area (Å²) in [6.07, 6.45) is 0. The quantitative estimate of drug-likeness (QED) is 0.148. The fourth-order valence-corrected chi connectivity index (χ4v) is 9.68. The molecule has 0 amide bonds. The first-order valence-corrected chi connectivity index (χ1v) is 22.3. The first-order valence-electron chi connectivity index (χ1n) is 22.3. The molecule has 1 heterocycles. The molecular weight excluding hydrogens is 773 g/mol. The molecule has 0 aliphatic carbocycles. The minimum absolute atomic E-state index is 0.0572. The van der Waals surface area contributed by atoms with E-state index in [4.69, 9.17) is 0 Å². The average Bonchev–Trinajstić information content (AvgIpc) is 3.69. The summed E-state index contributed by atoms with van der Waals surface area (Å²) >= 11 is 0. The maximum atomic E-state index is 2.47. The van der Waals surface area contributed by atoms with Gasteiger partial charge in [-0.15, -0.1) is 0 Å². The van der Waals surface area contributed by atoms with Crippen LogP contribution in [0, 0.1) is 0 Å². The molecule has 64 heavy (non-hydrogen) atoms. The zero-order chi connectivity index (χ0) is 43.2. The van der Waals surface area contributed by atoms with Gasteiger partial charge in [-0.25, -0.2) is 0 Å². The number of nitrogens with zero attached hydrogens (tertiary/aromatic N) is 2. The van der Waals surface area contributed by atoms with Gasteiger partial charge in [0.1, 0.15) is 0 Å². The number of hydrogen-bond acceptors (Lipinski definition) is 1. The van der Waals surface area contributed by atoms with Gasteiger partial charge in [0.2, 0.25) is 0 Å². The average molecular weight is 821 g/mol. The Kier molecular flexibility index (Phi) is 9.78. The van der Waals surface area contributed by atoms with E-state index in [1.807, 2.05) is 0 Å². The Labute approximate surface area is 376 Å². The van der Waals surface area contributed by atoms with Crippen LogP contribution in [0.2, 0.25) is 0 Å². The Bertz CT molecular complexity index is 3440. The second-order valence-corrected chi connectivity index (χ2v) is 17.7. The molecule has 0 radical (unpaired) electrons. The van der Waals surface area contributed by atoms with Gasteiger partial charge in [0.15, 0.2) is 0 Å². The third-order valence-corrected chi connectivity index (χ3v) is 12.8. The first-order chi connectivity index (χ1) is 31.4. The predicted molar refractivity (Wildman–Crippen MR) is 273 cm³/mol. The molecule has 0 fully saturated rings. The van der Waals surface area contributed by atoms with Crippen LogP contribution in [0.4, 0.5) is 17.1 Å². The van der Waals surface area contributed by atoms with E-state index >= 15 is 0 Å². The molecular formula is C62H48N2. The fraction of sp³-hybridized carbons (Fsp3) is 0.0645. The molecule has 10 aromatic carbocycles. The highest BCUT2D eigenvalue weighted by molar-refractivity contribution is 6.14. The Balaban J connectivity index is 1.13. The van der Waals surface area contributed by atoms with Crippen LogP contribution >= 0.6 is 0 Å². The van der Waals surface area contributed by atoms with Crippen molar-refractivity contribution in [3.05, 3.63) is 242 Å². The smallest absolute Gasteiger partial charge is 0.0619 e. The zero-order valence-electron chi connectivity index (χ0n) is 36.4. The fourth-order valence-electron chi connectivity index (χ4n) is 9.68. The molecule has 0 saturated carbocycles. The second kappa shape index (κ2) is 16.1. The molecule has 306 valence electrons. The molecule has 0 atom stereocenters. The highest BCUT2D eigenvalue weighted by atomic mass is 15.1. The summed E-state index contributed by atoms with van der Waals surface area (Å²) in [4.78, 5) is 2.47. The highest BCUT2D eigenvalue weighted by Gasteiger charge is 2.23. The van der Waals surface area contributed by atoms with Crippen LogP contribution < -0.4 is 4.90 Å². The minimum atomic E-state index is 0.0572. The zero-order valence-corrected chi connectivity index (χ0v) is 36.4. The number of hydrogen-bond donors (Lipinski definition) is 0. The summed E-state index contributed by atoms with van der Waals surface area (Å²) in [7, 11) is 0. The molecule has 0 saturated heterocycles. The van der Waals surface area contributed by atoms with Gasteiger partial charge in [-0.2, -0.15) is 0 Å². The highest BCUT2D eigenvalue weighted by Crippen LogP contribution is 2.48. The third-order valence-electron chi connectivity index (χ3n) is 12.8. The second-order valence-electron chi connectivity index (χ2n) is 17.7. The summed E-state index contributed by atoms with van der Waals surface area (Å²) in [5, 5.41) is 4.95. The lowest BCUT2D eigenvalue weighted by atomic mass is 9.86. The SMILES string of the molecule is CC(C)(C)c1ccc(-c2ccccc2N(c2ccc(-c3cccc4c5ccccc5n(-c5ccccc5)c34)cc2)c2ccccc2-c2cccc3cccc(-c4ccccc4)c23)cc1. The molecule has 11 rings (SSSR count). The molecule has 1 aromatic heterocycles. The number of anilines is 3. The van der Waals surface area contributed by atoms with E-state index < -0.39 is 0 Å². The summed E-state index contributed by atoms with van der Waals surface area (Å²) in [5.41, 5.74) is 17.7. The largest absolute Gasteiger partial charge is 0.309 e. The third kappa shape index (κ3) is 6.85. The molecule has 2 heteroatoms. The predicted octanol–water partition coefficient (Wildman–Crippen LogP) is 17.4. The lowest BCUT2D eigenvalue weighted by Gasteiger charge is -2.30. The van der Waals surface area contributed by atoms with E-state index in [-0.39, 0.29) is 5.41 Å². The van der Waals surface area contributed by atoms with Crippen molar-refractivity contribution in [3.63, 3.8) is 0 Å². The molecule has 0 unspecified atom stereocenters. The van der Waals surface area contributed by atoms with Crippen molar-refractivity contribution in [2.75, 3.05) is 4.90 Å². The van der Waals surface area contributed by atoms with Gasteiger partial charge in [0, 0.05) is 38.8 Å². The van der Waals surface area contributed by atoms with Crippen molar-refractivity contribution >= 4 is 49.6 Å². The Morgan fingerprint density at radius 3 is 1.58 bits per heavy atom. The maximum absolute atomic E-state index is 2.47. The molecule has 11 aromatic rings. The number of benzene rings is 10. The lowest BCUT2D eigenvalue weighted by Crippen LogP contribution is -2.13. The van der Waals surface area contributed by atoms with Gasteiger partial charge in [-0.05, 0) is 92.0 Å². The summed E-state index contributed by atoms with van der Waals surface area (Å²) in [5.74, 6) is 0. The van der Waals surface area contributed by atoms with Crippen molar-refractivity contribution in [3.8, 4) is 50.2 Å². The van der Waals surface area contributed by atoms with Crippen molar-refractivity contribution in [1.29, 1.82) is 0 Å². The van der Waals surface area contributed by atoms with Gasteiger partial charge in [0.05, 0.1) is 22.4 Å². The molecule has 2 nitrogen and oxygen atoms in total. The van der Waals surface area contributed by atoms with Crippen LogP contribution in [0.25, 0.3) is 82.8 Å². The number of aromatic nitrogens is 1. The van der Waals surface area contributed by atoms with Crippen molar-refractivity contribution in [2.24, 2.45) is 0 Å². The molecule has 0 bridgehead atoms. The molecule has 0 spiro atoms. The van der Waals surface area contributed by atoms with Crippen LogP contribution in [0.15, 0.2) is 237 Å². The normalized spacial score (nSPS) is 11.7. The number of rotatable bonds is 8. The lowest BCUT2D eigenvalue weighted by molar-refractivity contribution is 0.590. The van der Waals surface area contributed by atoms with Gasteiger partial charge < -0.3 is 9.47 Å². The van der Waals surface area contributed by atoms with Crippen molar-refractivity contribution in [1.82, 2.24) is 4.57 Å². The van der Waals surface area contributed by atoms with Gasteiger partial charge in [-0.3, -0.25) is 0 Å². The van der Waals surface area contributed by atoms with Crippen LogP contribution in [-0.2, 0) is 5.41 Å². The van der Waals surface area contributed by atoms with Crippen molar-refractivity contribution in [2.45, 2.75) is 26.2 Å². The van der Waals surface area contributed by atoms with E-state index in [0.717, 1.165) is 33.9 Å². The Morgan fingerprint density at radius 2 is 0.859 bits per heavy atom. The van der Waals surface area contributed by atoms with E-state index in [0.29, 0.717) is 0 Å². The Morgan fingerprint density at radius 1 is 0.359 bits per heavy atom. The van der Waals surface area contributed by atoms with Crippen LogP contribution in [-0.4, -0.2) is 4.57 Å². The van der Waals surface area contributed by atoms with E-state index in [1.165, 1.54) is 71.5 Å². The van der Waals surface area contributed by atoms with Crippen LogP contribution in [0.3, 0.4) is 0 Å². The molecule has 0 aliphatic rings. The van der Waals surface area contributed by atoms with E-state index in [9.17, 15) is 0 Å². The number of para-hydroxylation sites is 5. The Hall–Kier alpha value is -7.94. The standard InChI is InChI=1S/C62H48N2/c1-62(2,3)47-39-35-44(36-40-47)50-25-10-13-32-57(50)63(58-33-14-11-26-53(58)55-30-17-22-46-21-16-28-51(60(46)55)43-19-6-4-7-20-43)49-41-37-45(38-42-49)52-29-18-31-56-54-27-12-15-34-59(54)64(61(52)56)48-23-8-5-9-24-48/h4-42H,1-3H3. The monoisotopic (exact) mass is 820 g/mol. The first kappa shape index (κ1) is 38.9. The molecule has 0 aliphatic heterocycles. The van der Waals surface area contributed by atoms with E-state index in [2.05, 4.69) is 267 Å². The van der Waals surface area contributed by atoms with Gasteiger partial charge in [0.25, 0.3) is 0 Å². The maximum Gasteiger partial charge on any atom is 0.0619 e. The van der Waals surface area contributed by atoms with E-state index in [1.54, 1.807) is 0 Å². The molecule has 0 N–H and O–H groups in total.